The van der Waals surface area contributed by atoms with E-state index in [0.717, 1.165) is 83.1 Å². The highest BCUT2D eigenvalue weighted by molar-refractivity contribution is 5.87. The molecule has 4 aliphatic carbocycles. The molecule has 6 atom stereocenters. The van der Waals surface area contributed by atoms with Crippen LogP contribution in [0.2, 0.25) is 0 Å². The van der Waals surface area contributed by atoms with Crippen LogP contribution < -0.4 is 10.1 Å². The number of Topliss-reactive ketones (excluding diaryl/α,β-unsaturated/α-hetero) is 1. The topological polar surface area (TPSA) is 80.6 Å². The summed E-state index contributed by atoms with van der Waals surface area (Å²) in [5, 5.41) is 13.4. The third kappa shape index (κ3) is 5.15. The van der Waals surface area contributed by atoms with Gasteiger partial charge in [-0.25, -0.2) is 0 Å². The molecule has 6 nitrogen and oxygen atoms in total. The van der Waals surface area contributed by atoms with Crippen LogP contribution in [-0.4, -0.2) is 37.4 Å². The number of nitriles is 1. The van der Waals surface area contributed by atoms with Crippen molar-refractivity contribution in [1.82, 2.24) is 5.32 Å². The Balaban J connectivity index is 1.13. The van der Waals surface area contributed by atoms with Crippen LogP contribution in [0.5, 0.6) is 5.75 Å². The maximum atomic E-state index is 13.6. The summed E-state index contributed by atoms with van der Waals surface area (Å²) in [7, 11) is 0. The van der Waals surface area contributed by atoms with Gasteiger partial charge in [0.25, 0.3) is 0 Å². The average Bonchev–Trinajstić information content (AvgIpc) is 3.58. The monoisotopic (exact) mass is 562 g/mol. The SMILES string of the molecule is CCC(CC)NCc1ccc(C#N)c(OCC[C@]23CCC4C(CCC5CC6(CC[C@@]54C)OCCO6)C2CCC3=O)c1. The van der Waals surface area contributed by atoms with Gasteiger partial charge in [0, 0.05) is 37.3 Å². The van der Waals surface area contributed by atoms with E-state index in [2.05, 4.69) is 32.2 Å². The van der Waals surface area contributed by atoms with Gasteiger partial charge in [-0.05, 0) is 105 Å². The van der Waals surface area contributed by atoms with E-state index >= 15 is 0 Å². The van der Waals surface area contributed by atoms with Crippen LogP contribution in [0.4, 0.5) is 0 Å². The maximum absolute atomic E-state index is 13.6. The lowest BCUT2D eigenvalue weighted by molar-refractivity contribution is -0.229. The minimum absolute atomic E-state index is 0.251. The van der Waals surface area contributed by atoms with Gasteiger partial charge in [-0.15, -0.1) is 0 Å². The lowest BCUT2D eigenvalue weighted by atomic mass is 9.44. The van der Waals surface area contributed by atoms with Crippen molar-refractivity contribution in [3.05, 3.63) is 29.3 Å². The van der Waals surface area contributed by atoms with Gasteiger partial charge in [-0.3, -0.25) is 4.79 Å². The van der Waals surface area contributed by atoms with Crippen LogP contribution in [0.1, 0.15) is 109 Å². The van der Waals surface area contributed by atoms with Gasteiger partial charge in [0.05, 0.1) is 25.4 Å². The second-order valence-electron chi connectivity index (χ2n) is 14.1. The average molecular weight is 563 g/mol. The number of ketones is 1. The van der Waals surface area contributed by atoms with E-state index in [9.17, 15) is 10.1 Å². The number of hydrogen-bond acceptors (Lipinski definition) is 6. The molecule has 6 heteroatoms. The number of carbonyl (C=O) groups excluding carboxylic acids is 1. The molecule has 0 radical (unpaired) electrons. The van der Waals surface area contributed by atoms with Crippen LogP contribution in [0.15, 0.2) is 18.2 Å². The minimum Gasteiger partial charge on any atom is -0.492 e. The van der Waals surface area contributed by atoms with Crippen molar-refractivity contribution in [2.45, 2.75) is 116 Å². The van der Waals surface area contributed by atoms with Crippen molar-refractivity contribution >= 4 is 5.78 Å². The highest BCUT2D eigenvalue weighted by atomic mass is 16.7. The zero-order valence-corrected chi connectivity index (χ0v) is 25.5. The number of benzene rings is 1. The molecule has 1 aliphatic heterocycles. The Bertz CT molecular complexity index is 1150. The summed E-state index contributed by atoms with van der Waals surface area (Å²) < 4.78 is 18.6. The fourth-order valence-electron chi connectivity index (χ4n) is 10.1. The zero-order chi connectivity index (χ0) is 28.7. The molecular weight excluding hydrogens is 512 g/mol. The number of nitrogens with zero attached hydrogens (tertiary/aromatic N) is 1. The lowest BCUT2D eigenvalue weighted by Crippen LogP contribution is -2.56. The normalized spacial score (nSPS) is 35.6. The van der Waals surface area contributed by atoms with Gasteiger partial charge in [-0.2, -0.15) is 5.26 Å². The first-order valence-corrected chi connectivity index (χ1v) is 16.6. The van der Waals surface area contributed by atoms with Gasteiger partial charge in [0.15, 0.2) is 5.79 Å². The molecule has 1 spiro atoms. The molecule has 224 valence electrons. The molecule has 1 aromatic carbocycles. The number of hydrogen-bond donors (Lipinski definition) is 1. The van der Waals surface area contributed by atoms with Crippen molar-refractivity contribution in [2.24, 2.45) is 34.5 Å². The minimum atomic E-state index is -0.320. The molecule has 1 aromatic rings. The van der Waals surface area contributed by atoms with Crippen molar-refractivity contribution in [1.29, 1.82) is 5.26 Å². The maximum Gasteiger partial charge on any atom is 0.168 e. The Hall–Kier alpha value is -1.94. The van der Waals surface area contributed by atoms with Crippen molar-refractivity contribution < 1.29 is 19.0 Å². The van der Waals surface area contributed by atoms with E-state index in [4.69, 9.17) is 14.2 Å². The van der Waals surface area contributed by atoms with Crippen LogP contribution in [0.25, 0.3) is 0 Å². The molecule has 41 heavy (non-hydrogen) atoms. The highest BCUT2D eigenvalue weighted by Crippen LogP contribution is 2.67. The van der Waals surface area contributed by atoms with Crippen LogP contribution in [-0.2, 0) is 20.8 Å². The molecule has 1 N–H and O–H groups in total. The van der Waals surface area contributed by atoms with Crippen molar-refractivity contribution in [2.75, 3.05) is 19.8 Å². The fourth-order valence-corrected chi connectivity index (χ4v) is 10.1. The molecule has 0 aromatic heterocycles. The number of fused-ring (bicyclic) bond motifs is 5. The Labute approximate surface area is 246 Å². The summed E-state index contributed by atoms with van der Waals surface area (Å²) in [5.41, 5.74) is 1.78. The molecular formula is C35H50N2O4. The van der Waals surface area contributed by atoms with E-state index in [-0.39, 0.29) is 11.2 Å². The summed E-state index contributed by atoms with van der Waals surface area (Å²) >= 11 is 0. The smallest absolute Gasteiger partial charge is 0.168 e. The van der Waals surface area contributed by atoms with Gasteiger partial charge in [-0.1, -0.05) is 26.8 Å². The van der Waals surface area contributed by atoms with Crippen LogP contribution in [0.3, 0.4) is 0 Å². The molecule has 6 rings (SSSR count). The predicted octanol–water partition coefficient (Wildman–Crippen LogP) is 6.94. The third-order valence-corrected chi connectivity index (χ3v) is 12.5. The molecule has 5 fully saturated rings. The summed E-state index contributed by atoms with van der Waals surface area (Å²) in [6.45, 7) is 9.69. The predicted molar refractivity (Wildman–Crippen MR) is 158 cm³/mol. The van der Waals surface area contributed by atoms with Crippen LogP contribution in [0, 0.1) is 45.8 Å². The second kappa shape index (κ2) is 11.6. The summed E-state index contributed by atoms with van der Waals surface area (Å²) in [6.07, 6.45) is 12.6. The zero-order valence-electron chi connectivity index (χ0n) is 25.5. The van der Waals surface area contributed by atoms with E-state index in [1.54, 1.807) is 0 Å². The second-order valence-corrected chi connectivity index (χ2v) is 14.1. The first-order valence-electron chi connectivity index (χ1n) is 16.6. The van der Waals surface area contributed by atoms with Crippen LogP contribution >= 0.6 is 0 Å². The van der Waals surface area contributed by atoms with Crippen molar-refractivity contribution in [3.63, 3.8) is 0 Å². The molecule has 1 heterocycles. The summed E-state index contributed by atoms with van der Waals surface area (Å²) in [6, 6.07) is 8.72. The highest BCUT2D eigenvalue weighted by Gasteiger charge is 2.63. The van der Waals surface area contributed by atoms with Gasteiger partial charge >= 0.3 is 0 Å². The summed E-state index contributed by atoms with van der Waals surface area (Å²) in [4.78, 5) is 13.6. The van der Waals surface area contributed by atoms with Gasteiger partial charge < -0.3 is 19.5 Å². The fraction of sp³-hybridized carbons (Fsp3) is 0.771. The standard InChI is InChI=1S/C35H50N2O4/c1-4-27(5-2)37-23-24-6-7-25(22-36)31(20-24)39-17-16-34-13-12-29-28(30(34)10-11-32(34)38)9-8-26-21-35(40-18-19-41-35)15-14-33(26,29)3/h6-7,20,26-30,37H,4-5,8-19,21,23H2,1-3H3/t26?,28?,29?,30?,33-,34+/m0/s1. The third-order valence-electron chi connectivity index (χ3n) is 12.5. The molecule has 0 amide bonds. The lowest BCUT2D eigenvalue weighted by Gasteiger charge is -2.61. The summed E-state index contributed by atoms with van der Waals surface area (Å²) in [5.74, 6) is 3.24. The van der Waals surface area contributed by atoms with E-state index < -0.39 is 0 Å². The Morgan fingerprint density at radius 3 is 2.63 bits per heavy atom. The number of rotatable bonds is 9. The molecule has 5 aliphatic rings. The largest absolute Gasteiger partial charge is 0.492 e. The number of carbonyl (C=O) groups is 1. The Kier molecular flexibility index (Phi) is 8.26. The van der Waals surface area contributed by atoms with E-state index in [0.29, 0.717) is 58.8 Å². The Morgan fingerprint density at radius 2 is 1.88 bits per heavy atom. The quantitative estimate of drug-likeness (QED) is 0.351. The molecule has 4 unspecified atom stereocenters. The van der Waals surface area contributed by atoms with E-state index in [1.165, 1.54) is 19.3 Å². The number of nitrogens with one attached hydrogen (secondary N) is 1. The van der Waals surface area contributed by atoms with Gasteiger partial charge in [0.1, 0.15) is 17.6 Å². The molecule has 1 saturated heterocycles. The molecule has 4 saturated carbocycles. The van der Waals surface area contributed by atoms with E-state index in [1.807, 2.05) is 18.2 Å². The Morgan fingerprint density at radius 1 is 1.07 bits per heavy atom. The number of ether oxygens (including phenoxy) is 3. The first kappa shape index (κ1) is 29.1. The van der Waals surface area contributed by atoms with Gasteiger partial charge in [0.2, 0.25) is 0 Å². The molecule has 0 bridgehead atoms. The van der Waals surface area contributed by atoms with Crippen molar-refractivity contribution in [3.8, 4) is 11.8 Å². The first-order chi connectivity index (χ1) is 19.9.